The second kappa shape index (κ2) is 7.31. The fourth-order valence-corrected chi connectivity index (χ4v) is 3.40. The number of ether oxygens (including phenoxy) is 1. The summed E-state index contributed by atoms with van der Waals surface area (Å²) in [4.78, 5) is 39.9. The summed E-state index contributed by atoms with van der Waals surface area (Å²) < 4.78 is 5.29. The molecule has 0 saturated carbocycles. The molecule has 2 N–H and O–H groups in total. The average molecular weight is 379 g/mol. The van der Waals surface area contributed by atoms with E-state index in [1.165, 1.54) is 26.0 Å². The molecule has 0 saturated heterocycles. The summed E-state index contributed by atoms with van der Waals surface area (Å²) in [6, 6.07) is 10.3. The third-order valence-electron chi connectivity index (χ3n) is 4.77. The maximum atomic E-state index is 12.7. The number of rotatable bonds is 5. The first-order valence-corrected chi connectivity index (χ1v) is 8.87. The first-order chi connectivity index (χ1) is 13.2. The number of hydrogen-bond acceptors (Lipinski definition) is 5. The van der Waals surface area contributed by atoms with Crippen molar-refractivity contribution in [3.05, 3.63) is 64.5 Å². The van der Waals surface area contributed by atoms with Crippen LogP contribution in [-0.2, 0) is 4.74 Å². The zero-order valence-electron chi connectivity index (χ0n) is 16.1. The monoisotopic (exact) mass is 379 g/mol. The van der Waals surface area contributed by atoms with Gasteiger partial charge in [-0.15, -0.1) is 0 Å². The van der Waals surface area contributed by atoms with E-state index in [-0.39, 0.29) is 22.8 Å². The van der Waals surface area contributed by atoms with Crippen molar-refractivity contribution in [3.63, 3.8) is 0 Å². The third-order valence-corrected chi connectivity index (χ3v) is 4.77. The Bertz CT molecular complexity index is 1110. The van der Waals surface area contributed by atoms with Crippen LogP contribution in [0.2, 0.25) is 0 Å². The van der Waals surface area contributed by atoms with Gasteiger partial charge in [-0.05, 0) is 56.2 Å². The van der Waals surface area contributed by atoms with E-state index in [1.807, 2.05) is 24.3 Å². The lowest BCUT2D eigenvalue weighted by Gasteiger charge is -2.13. The van der Waals surface area contributed by atoms with Crippen LogP contribution in [0.25, 0.3) is 10.8 Å². The van der Waals surface area contributed by atoms with Gasteiger partial charge >= 0.3 is 5.97 Å². The lowest BCUT2D eigenvalue weighted by Crippen LogP contribution is -2.25. The standard InChI is InChI=1S/C22H21NO5/c1-11-19(13(3)24)12(2)23-20(11)21(26)14(4)28-22(27)17-9-15-7-5-6-8-16(15)10-18(17)25/h5-10,14,23,25H,1-4H3/t14-/m1/s1. The Balaban J connectivity index is 1.85. The van der Waals surface area contributed by atoms with Crippen LogP contribution < -0.4 is 0 Å². The van der Waals surface area contributed by atoms with Gasteiger partial charge in [-0.25, -0.2) is 4.79 Å². The molecule has 1 atom stereocenters. The summed E-state index contributed by atoms with van der Waals surface area (Å²) in [6.45, 7) is 6.28. The largest absolute Gasteiger partial charge is 0.507 e. The average Bonchev–Trinajstić information content (AvgIpc) is 2.94. The molecule has 3 aromatic rings. The molecule has 0 aliphatic heterocycles. The van der Waals surface area contributed by atoms with Crippen LogP contribution in [0.5, 0.6) is 5.75 Å². The van der Waals surface area contributed by atoms with Gasteiger partial charge in [0.25, 0.3) is 0 Å². The van der Waals surface area contributed by atoms with Gasteiger partial charge in [0.05, 0.1) is 5.69 Å². The Labute approximate surface area is 162 Å². The van der Waals surface area contributed by atoms with Crippen molar-refractivity contribution >= 4 is 28.3 Å². The van der Waals surface area contributed by atoms with Crippen molar-refractivity contribution in [2.75, 3.05) is 0 Å². The minimum Gasteiger partial charge on any atom is -0.507 e. The Kier molecular flexibility index (Phi) is 5.05. The van der Waals surface area contributed by atoms with Crippen molar-refractivity contribution in [3.8, 4) is 5.75 Å². The molecule has 0 fully saturated rings. The summed E-state index contributed by atoms with van der Waals surface area (Å²) in [5, 5.41) is 11.7. The number of ketones is 2. The van der Waals surface area contributed by atoms with Crippen LogP contribution in [0.3, 0.4) is 0 Å². The number of esters is 1. The molecule has 28 heavy (non-hydrogen) atoms. The molecule has 0 bridgehead atoms. The first kappa shape index (κ1) is 19.4. The van der Waals surface area contributed by atoms with E-state index in [0.717, 1.165) is 10.8 Å². The Morgan fingerprint density at radius 2 is 1.68 bits per heavy atom. The normalized spacial score (nSPS) is 12.0. The summed E-state index contributed by atoms with van der Waals surface area (Å²) in [6.07, 6.45) is -1.09. The number of aryl methyl sites for hydroxylation is 1. The number of phenolic OH excluding ortho intramolecular Hbond substituents is 1. The Hall–Kier alpha value is -3.41. The minimum absolute atomic E-state index is 0.0119. The fraction of sp³-hybridized carbons (Fsp3) is 0.227. The number of phenols is 1. The molecule has 0 aliphatic carbocycles. The van der Waals surface area contributed by atoms with Gasteiger partial charge in [-0.1, -0.05) is 24.3 Å². The van der Waals surface area contributed by atoms with Crippen molar-refractivity contribution in [2.24, 2.45) is 0 Å². The predicted octanol–water partition coefficient (Wildman–Crippen LogP) is 4.12. The maximum Gasteiger partial charge on any atom is 0.342 e. The molecule has 0 radical (unpaired) electrons. The number of aromatic nitrogens is 1. The van der Waals surface area contributed by atoms with E-state index in [2.05, 4.69) is 4.98 Å². The van der Waals surface area contributed by atoms with Crippen LogP contribution in [0.15, 0.2) is 36.4 Å². The molecule has 3 rings (SSSR count). The molecule has 0 aliphatic rings. The van der Waals surface area contributed by atoms with Crippen molar-refractivity contribution in [1.29, 1.82) is 0 Å². The Morgan fingerprint density at radius 3 is 2.25 bits per heavy atom. The molecular weight excluding hydrogens is 358 g/mol. The highest BCUT2D eigenvalue weighted by molar-refractivity contribution is 6.06. The topological polar surface area (TPSA) is 96.5 Å². The van der Waals surface area contributed by atoms with E-state index < -0.39 is 17.9 Å². The van der Waals surface area contributed by atoms with Gasteiger partial charge in [0, 0.05) is 11.3 Å². The van der Waals surface area contributed by atoms with Crippen LogP contribution in [0.4, 0.5) is 0 Å². The number of carbonyl (C=O) groups excluding carboxylic acids is 3. The molecule has 144 valence electrons. The third kappa shape index (κ3) is 3.41. The van der Waals surface area contributed by atoms with E-state index >= 15 is 0 Å². The number of benzene rings is 2. The number of H-pyrrole nitrogens is 1. The highest BCUT2D eigenvalue weighted by atomic mass is 16.5. The lowest BCUT2D eigenvalue weighted by atomic mass is 10.0. The summed E-state index contributed by atoms with van der Waals surface area (Å²) >= 11 is 0. The Morgan fingerprint density at radius 1 is 1.07 bits per heavy atom. The van der Waals surface area contributed by atoms with Gasteiger partial charge in [-0.3, -0.25) is 9.59 Å². The zero-order chi connectivity index (χ0) is 20.6. The highest BCUT2D eigenvalue weighted by Gasteiger charge is 2.27. The minimum atomic E-state index is -1.09. The fourth-order valence-electron chi connectivity index (χ4n) is 3.40. The van der Waals surface area contributed by atoms with Gasteiger partial charge in [0.2, 0.25) is 5.78 Å². The van der Waals surface area contributed by atoms with Crippen LogP contribution >= 0.6 is 0 Å². The predicted molar refractivity (Wildman–Crippen MR) is 105 cm³/mol. The molecule has 1 heterocycles. The summed E-state index contributed by atoms with van der Waals surface area (Å²) in [5.74, 6) is -1.59. The quantitative estimate of drug-likeness (QED) is 0.513. The summed E-state index contributed by atoms with van der Waals surface area (Å²) in [5.41, 5.74) is 1.83. The molecule has 2 aromatic carbocycles. The highest BCUT2D eigenvalue weighted by Crippen LogP contribution is 2.26. The van der Waals surface area contributed by atoms with E-state index in [1.54, 1.807) is 13.8 Å². The number of carbonyl (C=O) groups is 3. The number of hydrogen-bond donors (Lipinski definition) is 2. The SMILES string of the molecule is CC(=O)c1c(C)[nH]c(C(=O)[C@@H](C)OC(=O)c2cc3ccccc3cc2O)c1C. The zero-order valence-corrected chi connectivity index (χ0v) is 16.1. The van der Waals surface area contributed by atoms with Crippen LogP contribution in [-0.4, -0.2) is 33.7 Å². The van der Waals surface area contributed by atoms with Crippen molar-refractivity contribution < 1.29 is 24.2 Å². The maximum absolute atomic E-state index is 12.7. The molecule has 0 amide bonds. The molecular formula is C22H21NO5. The number of aromatic hydroxyl groups is 1. The molecule has 1 aromatic heterocycles. The number of fused-ring (bicyclic) bond motifs is 1. The molecule has 0 spiro atoms. The van der Waals surface area contributed by atoms with Crippen LogP contribution in [0, 0.1) is 13.8 Å². The van der Waals surface area contributed by atoms with E-state index in [0.29, 0.717) is 16.8 Å². The van der Waals surface area contributed by atoms with Gasteiger partial charge < -0.3 is 14.8 Å². The second-order valence-corrected chi connectivity index (χ2v) is 6.81. The number of aromatic amines is 1. The van der Waals surface area contributed by atoms with Crippen molar-refractivity contribution in [1.82, 2.24) is 4.98 Å². The second-order valence-electron chi connectivity index (χ2n) is 6.81. The van der Waals surface area contributed by atoms with E-state index in [9.17, 15) is 19.5 Å². The first-order valence-electron chi connectivity index (χ1n) is 8.87. The number of nitrogens with one attached hydrogen (secondary N) is 1. The van der Waals surface area contributed by atoms with Crippen LogP contribution in [0.1, 0.15) is 56.3 Å². The van der Waals surface area contributed by atoms with E-state index in [4.69, 9.17) is 4.74 Å². The van der Waals surface area contributed by atoms with Gasteiger partial charge in [-0.2, -0.15) is 0 Å². The van der Waals surface area contributed by atoms with Gasteiger partial charge in [0.15, 0.2) is 11.9 Å². The summed E-state index contributed by atoms with van der Waals surface area (Å²) in [7, 11) is 0. The van der Waals surface area contributed by atoms with Gasteiger partial charge in [0.1, 0.15) is 11.3 Å². The number of Topliss-reactive ketones (excluding diaryl/α,β-unsaturated/α-hetero) is 2. The smallest absolute Gasteiger partial charge is 0.342 e. The lowest BCUT2D eigenvalue weighted by molar-refractivity contribution is 0.0314. The molecule has 6 nitrogen and oxygen atoms in total. The molecule has 0 unspecified atom stereocenters. The van der Waals surface area contributed by atoms with Crippen molar-refractivity contribution in [2.45, 2.75) is 33.8 Å². The molecule has 6 heteroatoms.